The Labute approximate surface area is 108 Å². The summed E-state index contributed by atoms with van der Waals surface area (Å²) in [4.78, 5) is 2.25. The molecule has 1 fully saturated rings. The van der Waals surface area contributed by atoms with E-state index < -0.39 is 0 Å². The van der Waals surface area contributed by atoms with Gasteiger partial charge in [0.25, 0.3) is 0 Å². The van der Waals surface area contributed by atoms with E-state index >= 15 is 0 Å². The first-order chi connectivity index (χ1) is 8.69. The molecule has 0 spiro atoms. The number of methoxy groups -OCH3 is 1. The maximum Gasteiger partial charge on any atom is 0.125 e. The highest BCUT2D eigenvalue weighted by atomic mass is 16.5. The summed E-state index contributed by atoms with van der Waals surface area (Å²) >= 11 is 0. The van der Waals surface area contributed by atoms with Gasteiger partial charge in [-0.15, -0.1) is 0 Å². The summed E-state index contributed by atoms with van der Waals surface area (Å²) in [5, 5.41) is 9.23. The lowest BCUT2D eigenvalue weighted by atomic mass is 10.0. The number of aliphatic hydroxyl groups excluding tert-OH is 1. The van der Waals surface area contributed by atoms with Crippen molar-refractivity contribution in [3.05, 3.63) is 23.8 Å². The molecule has 0 bridgehead atoms. The van der Waals surface area contributed by atoms with E-state index in [4.69, 9.17) is 10.5 Å². The van der Waals surface area contributed by atoms with Crippen molar-refractivity contribution >= 4 is 5.69 Å². The molecule has 18 heavy (non-hydrogen) atoms. The average molecular weight is 250 g/mol. The van der Waals surface area contributed by atoms with Gasteiger partial charge in [0.15, 0.2) is 0 Å². The van der Waals surface area contributed by atoms with Crippen LogP contribution >= 0.6 is 0 Å². The zero-order chi connectivity index (χ0) is 13.1. The number of hydrogen-bond acceptors (Lipinski definition) is 4. The zero-order valence-corrected chi connectivity index (χ0v) is 11.1. The highest BCUT2D eigenvalue weighted by Crippen LogP contribution is 2.38. The minimum atomic E-state index is -0.0870. The van der Waals surface area contributed by atoms with Gasteiger partial charge in [0.1, 0.15) is 5.75 Å². The molecule has 0 aliphatic heterocycles. The summed E-state index contributed by atoms with van der Waals surface area (Å²) in [5.74, 6) is 0.825. The Kier molecular flexibility index (Phi) is 4.09. The standard InChI is InChI=1S/C14H22N2O2/c1-10(15)14-12(4-3-5-13(14)18-2)16(8-9-17)11-6-7-11/h3-5,10-11,17H,6-9,15H2,1-2H3/t10-/m0/s1. The molecule has 0 saturated heterocycles. The van der Waals surface area contributed by atoms with Crippen molar-refractivity contribution in [2.75, 3.05) is 25.2 Å². The van der Waals surface area contributed by atoms with E-state index in [1.54, 1.807) is 7.11 Å². The van der Waals surface area contributed by atoms with Crippen LogP contribution in [0.4, 0.5) is 5.69 Å². The van der Waals surface area contributed by atoms with Crippen LogP contribution in [0, 0.1) is 0 Å². The van der Waals surface area contributed by atoms with E-state index in [1.807, 2.05) is 19.1 Å². The van der Waals surface area contributed by atoms with Gasteiger partial charge >= 0.3 is 0 Å². The summed E-state index contributed by atoms with van der Waals surface area (Å²) in [7, 11) is 1.67. The van der Waals surface area contributed by atoms with E-state index in [-0.39, 0.29) is 12.6 Å². The van der Waals surface area contributed by atoms with Crippen molar-refractivity contribution < 1.29 is 9.84 Å². The van der Waals surface area contributed by atoms with Gasteiger partial charge in [-0.05, 0) is 31.9 Å². The van der Waals surface area contributed by atoms with Crippen molar-refractivity contribution in [3.63, 3.8) is 0 Å². The van der Waals surface area contributed by atoms with Crippen LogP contribution in [0.5, 0.6) is 5.75 Å². The summed E-state index contributed by atoms with van der Waals surface area (Å²) < 4.78 is 5.41. The van der Waals surface area contributed by atoms with Crippen molar-refractivity contribution in [2.24, 2.45) is 5.73 Å². The fraction of sp³-hybridized carbons (Fsp3) is 0.571. The van der Waals surface area contributed by atoms with Gasteiger partial charge < -0.3 is 20.5 Å². The Morgan fingerprint density at radius 2 is 2.22 bits per heavy atom. The highest BCUT2D eigenvalue weighted by Gasteiger charge is 2.31. The molecule has 1 aromatic rings. The predicted octanol–water partition coefficient (Wildman–Crippen LogP) is 1.68. The van der Waals surface area contributed by atoms with Crippen LogP contribution in [0.15, 0.2) is 18.2 Å². The van der Waals surface area contributed by atoms with Crippen molar-refractivity contribution in [2.45, 2.75) is 31.8 Å². The SMILES string of the molecule is COc1cccc(N(CCO)C2CC2)c1[C@H](C)N. The van der Waals surface area contributed by atoms with Crippen LogP contribution in [0.3, 0.4) is 0 Å². The largest absolute Gasteiger partial charge is 0.496 e. The lowest BCUT2D eigenvalue weighted by Gasteiger charge is -2.28. The van der Waals surface area contributed by atoms with E-state index in [1.165, 1.54) is 12.8 Å². The van der Waals surface area contributed by atoms with E-state index in [9.17, 15) is 5.11 Å². The second kappa shape index (κ2) is 5.59. The lowest BCUT2D eigenvalue weighted by Crippen LogP contribution is -2.30. The van der Waals surface area contributed by atoms with Crippen molar-refractivity contribution in [1.82, 2.24) is 0 Å². The molecule has 4 heteroatoms. The molecule has 100 valence electrons. The first-order valence-corrected chi connectivity index (χ1v) is 6.49. The second-order valence-electron chi connectivity index (χ2n) is 4.83. The van der Waals surface area contributed by atoms with Crippen LogP contribution in [0.2, 0.25) is 0 Å². The Morgan fingerprint density at radius 3 is 2.72 bits per heavy atom. The number of nitrogens with zero attached hydrogens (tertiary/aromatic N) is 1. The van der Waals surface area contributed by atoms with Gasteiger partial charge in [0, 0.05) is 29.9 Å². The number of rotatable bonds is 6. The van der Waals surface area contributed by atoms with Crippen molar-refractivity contribution in [1.29, 1.82) is 0 Å². The van der Waals surface area contributed by atoms with E-state index in [0.29, 0.717) is 12.6 Å². The number of ether oxygens (including phenoxy) is 1. The zero-order valence-electron chi connectivity index (χ0n) is 11.1. The van der Waals surface area contributed by atoms with Gasteiger partial charge in [-0.25, -0.2) is 0 Å². The number of anilines is 1. The Bertz CT molecular complexity index is 403. The minimum absolute atomic E-state index is 0.0870. The van der Waals surface area contributed by atoms with Crippen LogP contribution in [-0.2, 0) is 0 Å². The normalized spacial score (nSPS) is 16.4. The number of aliphatic hydroxyl groups is 1. The highest BCUT2D eigenvalue weighted by molar-refractivity contribution is 5.62. The summed E-state index contributed by atoms with van der Waals surface area (Å²) in [6.07, 6.45) is 2.38. The molecule has 1 aromatic carbocycles. The lowest BCUT2D eigenvalue weighted by molar-refractivity contribution is 0.301. The van der Waals surface area contributed by atoms with Gasteiger partial charge in [0.2, 0.25) is 0 Å². The van der Waals surface area contributed by atoms with Gasteiger partial charge in [0.05, 0.1) is 13.7 Å². The topological polar surface area (TPSA) is 58.7 Å². The predicted molar refractivity (Wildman–Crippen MR) is 73.1 cm³/mol. The molecule has 0 aromatic heterocycles. The summed E-state index contributed by atoms with van der Waals surface area (Å²) in [6.45, 7) is 2.77. The van der Waals surface area contributed by atoms with Gasteiger partial charge in [-0.3, -0.25) is 0 Å². The third kappa shape index (κ3) is 2.60. The maximum atomic E-state index is 9.23. The molecule has 4 nitrogen and oxygen atoms in total. The van der Waals surface area contributed by atoms with Crippen LogP contribution in [-0.4, -0.2) is 31.4 Å². The maximum absolute atomic E-state index is 9.23. The molecule has 2 rings (SSSR count). The number of hydrogen-bond donors (Lipinski definition) is 2. The molecule has 0 radical (unpaired) electrons. The molecular formula is C14H22N2O2. The molecule has 1 saturated carbocycles. The average Bonchev–Trinajstić information content (AvgIpc) is 3.19. The Morgan fingerprint density at radius 1 is 1.50 bits per heavy atom. The molecule has 0 unspecified atom stereocenters. The van der Waals surface area contributed by atoms with Crippen molar-refractivity contribution in [3.8, 4) is 5.75 Å². The monoisotopic (exact) mass is 250 g/mol. The van der Waals surface area contributed by atoms with Crippen LogP contribution < -0.4 is 15.4 Å². The molecule has 1 aliphatic rings. The van der Waals surface area contributed by atoms with Crippen LogP contribution in [0.25, 0.3) is 0 Å². The smallest absolute Gasteiger partial charge is 0.125 e. The molecular weight excluding hydrogens is 228 g/mol. The minimum Gasteiger partial charge on any atom is -0.496 e. The third-order valence-electron chi connectivity index (χ3n) is 3.36. The quantitative estimate of drug-likeness (QED) is 0.806. The Balaban J connectivity index is 2.40. The molecule has 1 atom stereocenters. The second-order valence-corrected chi connectivity index (χ2v) is 4.83. The number of benzene rings is 1. The van der Waals surface area contributed by atoms with E-state index in [2.05, 4.69) is 11.0 Å². The molecule has 3 N–H and O–H groups in total. The molecule has 0 amide bonds. The van der Waals surface area contributed by atoms with E-state index in [0.717, 1.165) is 17.0 Å². The Hall–Kier alpha value is -1.26. The summed E-state index contributed by atoms with van der Waals surface area (Å²) in [5.41, 5.74) is 8.20. The third-order valence-corrected chi connectivity index (χ3v) is 3.36. The fourth-order valence-corrected chi connectivity index (χ4v) is 2.41. The summed E-state index contributed by atoms with van der Waals surface area (Å²) in [6, 6.07) is 6.44. The molecule has 1 aliphatic carbocycles. The first kappa shape index (κ1) is 13.2. The first-order valence-electron chi connectivity index (χ1n) is 6.49. The molecule has 0 heterocycles. The van der Waals surface area contributed by atoms with Crippen LogP contribution in [0.1, 0.15) is 31.4 Å². The number of nitrogens with two attached hydrogens (primary N) is 1. The fourth-order valence-electron chi connectivity index (χ4n) is 2.41. The van der Waals surface area contributed by atoms with Gasteiger partial charge in [-0.2, -0.15) is 0 Å². The van der Waals surface area contributed by atoms with Gasteiger partial charge in [-0.1, -0.05) is 6.07 Å².